The summed E-state index contributed by atoms with van der Waals surface area (Å²) in [6, 6.07) is 4.76. The number of carboxylic acids is 1. The molecule has 1 aliphatic rings. The van der Waals surface area contributed by atoms with Gasteiger partial charge in [-0.1, -0.05) is 0 Å². The number of carbonyl (C=O) groups is 2. The minimum absolute atomic E-state index is 0.00423. The zero-order chi connectivity index (χ0) is 16.2. The number of hydrogen-bond acceptors (Lipinski definition) is 6. The van der Waals surface area contributed by atoms with Gasteiger partial charge in [-0.25, -0.2) is 14.8 Å². The number of aromatic carboxylic acids is 1. The van der Waals surface area contributed by atoms with Gasteiger partial charge in [0.2, 0.25) is 5.95 Å². The molecule has 0 aromatic carbocycles. The van der Waals surface area contributed by atoms with E-state index >= 15 is 0 Å². The number of thiophene rings is 1. The third kappa shape index (κ3) is 3.65. The van der Waals surface area contributed by atoms with Crippen LogP contribution in [-0.2, 0) is 0 Å². The fourth-order valence-corrected chi connectivity index (χ4v) is 3.31. The van der Waals surface area contributed by atoms with Crippen LogP contribution in [0.25, 0.3) is 0 Å². The van der Waals surface area contributed by atoms with Crippen molar-refractivity contribution in [1.29, 1.82) is 0 Å². The molecule has 1 saturated heterocycles. The molecule has 1 fully saturated rings. The second kappa shape index (κ2) is 6.74. The quantitative estimate of drug-likeness (QED) is 0.883. The van der Waals surface area contributed by atoms with E-state index in [2.05, 4.69) is 15.3 Å². The summed E-state index contributed by atoms with van der Waals surface area (Å²) in [5.41, 5.74) is 0. The first-order valence-corrected chi connectivity index (χ1v) is 8.11. The predicted molar refractivity (Wildman–Crippen MR) is 86.0 cm³/mol. The normalized spacial score (nSPS) is 17.7. The van der Waals surface area contributed by atoms with Crippen LogP contribution in [0.5, 0.6) is 0 Å². The highest BCUT2D eigenvalue weighted by molar-refractivity contribution is 7.15. The van der Waals surface area contributed by atoms with Gasteiger partial charge in [-0.3, -0.25) is 4.79 Å². The van der Waals surface area contributed by atoms with Gasteiger partial charge in [-0.15, -0.1) is 11.3 Å². The first kappa shape index (κ1) is 15.4. The molecule has 120 valence electrons. The predicted octanol–water partition coefficient (Wildman–Crippen LogP) is 1.64. The van der Waals surface area contributed by atoms with Crippen LogP contribution in [0.15, 0.2) is 30.6 Å². The molecule has 0 aliphatic carbocycles. The molecule has 7 nitrogen and oxygen atoms in total. The van der Waals surface area contributed by atoms with Crippen LogP contribution in [-0.4, -0.2) is 46.1 Å². The molecule has 8 heteroatoms. The summed E-state index contributed by atoms with van der Waals surface area (Å²) >= 11 is 0.985. The van der Waals surface area contributed by atoms with Gasteiger partial charge in [0, 0.05) is 31.5 Å². The van der Waals surface area contributed by atoms with Crippen LogP contribution < -0.4 is 10.2 Å². The maximum atomic E-state index is 12.2. The van der Waals surface area contributed by atoms with E-state index in [0.717, 1.165) is 30.7 Å². The Morgan fingerprint density at radius 2 is 2.00 bits per heavy atom. The Morgan fingerprint density at radius 3 is 2.70 bits per heavy atom. The van der Waals surface area contributed by atoms with Gasteiger partial charge >= 0.3 is 5.97 Å². The zero-order valence-electron chi connectivity index (χ0n) is 12.3. The maximum Gasteiger partial charge on any atom is 0.345 e. The number of aromatic nitrogens is 2. The molecule has 2 aromatic rings. The molecule has 0 bridgehead atoms. The van der Waals surface area contributed by atoms with E-state index in [4.69, 9.17) is 5.11 Å². The van der Waals surface area contributed by atoms with E-state index in [1.54, 1.807) is 24.5 Å². The molecule has 0 radical (unpaired) electrons. The van der Waals surface area contributed by atoms with Crippen molar-refractivity contribution in [2.24, 2.45) is 0 Å². The molecule has 2 N–H and O–H groups in total. The molecule has 1 atom stereocenters. The lowest BCUT2D eigenvalue weighted by Crippen LogP contribution is -2.48. The lowest BCUT2D eigenvalue weighted by atomic mass is 10.1. The highest BCUT2D eigenvalue weighted by Gasteiger charge is 2.24. The van der Waals surface area contributed by atoms with Gasteiger partial charge in [0.25, 0.3) is 5.91 Å². The number of rotatable bonds is 4. The van der Waals surface area contributed by atoms with Crippen molar-refractivity contribution in [3.05, 3.63) is 40.3 Å². The van der Waals surface area contributed by atoms with Gasteiger partial charge in [0.05, 0.1) is 4.88 Å². The number of carboxylic acid groups (broad SMARTS) is 1. The van der Waals surface area contributed by atoms with E-state index in [9.17, 15) is 9.59 Å². The fraction of sp³-hybridized carbons (Fsp3) is 0.333. The summed E-state index contributed by atoms with van der Waals surface area (Å²) in [5, 5.41) is 11.9. The van der Waals surface area contributed by atoms with E-state index in [-0.39, 0.29) is 16.8 Å². The lowest BCUT2D eigenvalue weighted by Gasteiger charge is -2.32. The summed E-state index contributed by atoms with van der Waals surface area (Å²) in [5.74, 6) is -0.585. The number of nitrogens with one attached hydrogen (secondary N) is 1. The van der Waals surface area contributed by atoms with Crippen LogP contribution >= 0.6 is 11.3 Å². The molecule has 1 amide bonds. The SMILES string of the molecule is O=C(O)c1ccc(C(=O)NC2CCCN(c3ncccn3)C2)s1. The Balaban J connectivity index is 1.63. The first-order valence-electron chi connectivity index (χ1n) is 7.29. The van der Waals surface area contributed by atoms with Crippen molar-refractivity contribution >= 4 is 29.2 Å². The summed E-state index contributed by atoms with van der Waals surface area (Å²) in [4.78, 5) is 34.2. The molecule has 0 spiro atoms. The molecule has 2 aromatic heterocycles. The third-order valence-corrected chi connectivity index (χ3v) is 4.70. The molecular formula is C15H16N4O3S. The van der Waals surface area contributed by atoms with Crippen molar-refractivity contribution in [2.45, 2.75) is 18.9 Å². The van der Waals surface area contributed by atoms with Crippen molar-refractivity contribution in [2.75, 3.05) is 18.0 Å². The summed E-state index contributed by atoms with van der Waals surface area (Å²) in [6.07, 6.45) is 5.22. The summed E-state index contributed by atoms with van der Waals surface area (Å²) in [7, 11) is 0. The van der Waals surface area contributed by atoms with E-state index in [0.29, 0.717) is 17.4 Å². The van der Waals surface area contributed by atoms with Gasteiger partial charge in [0.1, 0.15) is 4.88 Å². The molecule has 0 saturated carbocycles. The maximum absolute atomic E-state index is 12.2. The van der Waals surface area contributed by atoms with E-state index in [1.165, 1.54) is 6.07 Å². The number of hydrogen-bond donors (Lipinski definition) is 2. The monoisotopic (exact) mass is 332 g/mol. The van der Waals surface area contributed by atoms with Crippen LogP contribution in [0, 0.1) is 0 Å². The van der Waals surface area contributed by atoms with Crippen LogP contribution in [0.3, 0.4) is 0 Å². The second-order valence-corrected chi connectivity index (χ2v) is 6.36. The average Bonchev–Trinajstić information content (AvgIpc) is 3.06. The van der Waals surface area contributed by atoms with Crippen LogP contribution in [0.4, 0.5) is 5.95 Å². The average molecular weight is 332 g/mol. The van der Waals surface area contributed by atoms with Crippen LogP contribution in [0.2, 0.25) is 0 Å². The van der Waals surface area contributed by atoms with E-state index in [1.807, 2.05) is 4.90 Å². The van der Waals surface area contributed by atoms with Gasteiger partial charge < -0.3 is 15.3 Å². The molecule has 23 heavy (non-hydrogen) atoms. The summed E-state index contributed by atoms with van der Waals surface area (Å²) < 4.78 is 0. The van der Waals surface area contributed by atoms with Crippen molar-refractivity contribution < 1.29 is 14.7 Å². The van der Waals surface area contributed by atoms with Crippen molar-refractivity contribution in [1.82, 2.24) is 15.3 Å². The molecule has 3 rings (SSSR count). The minimum atomic E-state index is -1.01. The Bertz CT molecular complexity index is 704. The number of piperidine rings is 1. The Hall–Kier alpha value is -2.48. The van der Waals surface area contributed by atoms with Crippen molar-refractivity contribution in [3.8, 4) is 0 Å². The minimum Gasteiger partial charge on any atom is -0.477 e. The largest absolute Gasteiger partial charge is 0.477 e. The first-order chi connectivity index (χ1) is 11.1. The molecule has 3 heterocycles. The third-order valence-electron chi connectivity index (χ3n) is 3.63. The molecule has 1 unspecified atom stereocenters. The van der Waals surface area contributed by atoms with Gasteiger partial charge in [-0.2, -0.15) is 0 Å². The molecular weight excluding hydrogens is 316 g/mol. The summed E-state index contributed by atoms with van der Waals surface area (Å²) in [6.45, 7) is 1.51. The highest BCUT2D eigenvalue weighted by atomic mass is 32.1. The Kier molecular flexibility index (Phi) is 4.52. The number of carbonyl (C=O) groups excluding carboxylic acids is 1. The highest BCUT2D eigenvalue weighted by Crippen LogP contribution is 2.19. The van der Waals surface area contributed by atoms with Gasteiger partial charge in [0.15, 0.2) is 0 Å². The Morgan fingerprint density at radius 1 is 1.26 bits per heavy atom. The number of amides is 1. The smallest absolute Gasteiger partial charge is 0.345 e. The zero-order valence-corrected chi connectivity index (χ0v) is 13.1. The fourth-order valence-electron chi connectivity index (χ4n) is 2.56. The second-order valence-electron chi connectivity index (χ2n) is 5.28. The number of nitrogens with zero attached hydrogens (tertiary/aromatic N) is 3. The topological polar surface area (TPSA) is 95.4 Å². The van der Waals surface area contributed by atoms with E-state index < -0.39 is 5.97 Å². The number of anilines is 1. The lowest BCUT2D eigenvalue weighted by molar-refractivity contribution is 0.0702. The molecule has 1 aliphatic heterocycles. The van der Waals surface area contributed by atoms with Gasteiger partial charge in [-0.05, 0) is 31.0 Å². The van der Waals surface area contributed by atoms with Crippen LogP contribution in [0.1, 0.15) is 32.2 Å². The Labute approximate surface area is 137 Å². The standard InChI is InChI=1S/C15H16N4O3S/c20-13(11-4-5-12(23-11)14(21)22)18-10-3-1-8-19(9-10)15-16-6-2-7-17-15/h2,4-7,10H,1,3,8-9H2,(H,18,20)(H,21,22). The van der Waals surface area contributed by atoms with Crippen molar-refractivity contribution in [3.63, 3.8) is 0 Å².